The van der Waals surface area contributed by atoms with Crippen molar-refractivity contribution in [2.24, 2.45) is 0 Å². The van der Waals surface area contributed by atoms with E-state index in [0.29, 0.717) is 0 Å². The maximum absolute atomic E-state index is 9.86. The molecule has 120 valence electrons. The lowest BCUT2D eigenvalue weighted by molar-refractivity contribution is -0.205. The summed E-state index contributed by atoms with van der Waals surface area (Å²) in [6.45, 7) is 1.83. The van der Waals surface area contributed by atoms with Gasteiger partial charge in [-0.3, -0.25) is 0 Å². The van der Waals surface area contributed by atoms with Crippen molar-refractivity contribution in [2.75, 3.05) is 12.4 Å². The minimum absolute atomic E-state index is 0.362. The molecule has 0 aromatic rings. The van der Waals surface area contributed by atoms with Crippen molar-refractivity contribution >= 4 is 11.8 Å². The number of hydrogen-bond donors (Lipinski definition) is 4. The molecule has 0 unspecified atom stereocenters. The summed E-state index contributed by atoms with van der Waals surface area (Å²) in [5, 5.41) is 38.3. The van der Waals surface area contributed by atoms with Crippen molar-refractivity contribution in [1.29, 1.82) is 0 Å². The van der Waals surface area contributed by atoms with Crippen LogP contribution in [0.3, 0.4) is 0 Å². The Labute approximate surface area is 125 Å². The lowest BCUT2D eigenvalue weighted by atomic mass is 10.0. The summed E-state index contributed by atoms with van der Waals surface area (Å²) in [5.74, 6) is 0.842. The third-order valence-electron chi connectivity index (χ3n) is 3.63. The van der Waals surface area contributed by atoms with E-state index >= 15 is 0 Å². The van der Waals surface area contributed by atoms with Gasteiger partial charge >= 0.3 is 0 Å². The fraction of sp³-hybridized carbons (Fsp3) is 1.00. The van der Waals surface area contributed by atoms with Gasteiger partial charge in [0.15, 0.2) is 0 Å². The monoisotopic (exact) mass is 308 g/mol. The van der Waals surface area contributed by atoms with Gasteiger partial charge in [-0.2, -0.15) is 0 Å². The smallest absolute Gasteiger partial charge is 0.132 e. The first-order valence-corrected chi connectivity index (χ1v) is 8.58. The Morgan fingerprint density at radius 3 is 2.20 bits per heavy atom. The standard InChI is InChI=1S/C14H28O5S/c1-2-3-4-5-6-7-8-20-14-13(18)12(17)11(16)10(9-15)19-14/h10-18H,2-9H2,1H3/t10-,11-,12+,13+,14-/m1/s1. The third-order valence-corrected chi connectivity index (χ3v) is 4.87. The molecule has 20 heavy (non-hydrogen) atoms. The van der Waals surface area contributed by atoms with Crippen LogP contribution in [-0.2, 0) is 4.74 Å². The van der Waals surface area contributed by atoms with E-state index in [-0.39, 0.29) is 6.61 Å². The average Bonchev–Trinajstić information content (AvgIpc) is 2.46. The molecule has 5 nitrogen and oxygen atoms in total. The van der Waals surface area contributed by atoms with Gasteiger partial charge in [0, 0.05) is 0 Å². The second-order valence-electron chi connectivity index (χ2n) is 5.34. The largest absolute Gasteiger partial charge is 0.394 e. The Hall–Kier alpha value is 0.150. The van der Waals surface area contributed by atoms with Gasteiger partial charge in [-0.05, 0) is 12.2 Å². The Morgan fingerprint density at radius 2 is 1.55 bits per heavy atom. The van der Waals surface area contributed by atoms with Crippen LogP contribution in [0, 0.1) is 0 Å². The molecule has 1 saturated heterocycles. The zero-order valence-electron chi connectivity index (χ0n) is 12.1. The molecule has 6 heteroatoms. The first-order chi connectivity index (χ1) is 9.61. The van der Waals surface area contributed by atoms with Crippen molar-refractivity contribution in [3.63, 3.8) is 0 Å². The molecular weight excluding hydrogens is 280 g/mol. The first kappa shape index (κ1) is 18.2. The van der Waals surface area contributed by atoms with Crippen LogP contribution in [0.5, 0.6) is 0 Å². The lowest BCUT2D eigenvalue weighted by Crippen LogP contribution is -2.57. The highest BCUT2D eigenvalue weighted by Gasteiger charge is 2.43. The number of hydrogen-bond acceptors (Lipinski definition) is 6. The van der Waals surface area contributed by atoms with E-state index in [1.54, 1.807) is 0 Å². The number of ether oxygens (including phenoxy) is 1. The second-order valence-corrected chi connectivity index (χ2v) is 6.54. The number of rotatable bonds is 9. The van der Waals surface area contributed by atoms with Crippen LogP contribution in [0.15, 0.2) is 0 Å². The molecule has 0 aromatic heterocycles. The Morgan fingerprint density at radius 1 is 0.900 bits per heavy atom. The molecule has 1 heterocycles. The van der Waals surface area contributed by atoms with Crippen molar-refractivity contribution in [2.45, 2.75) is 75.3 Å². The van der Waals surface area contributed by atoms with E-state index in [1.165, 1.54) is 37.4 Å². The Balaban J connectivity index is 2.21. The van der Waals surface area contributed by atoms with E-state index < -0.39 is 29.9 Å². The summed E-state index contributed by atoms with van der Waals surface area (Å²) in [6.07, 6.45) is 2.77. The van der Waals surface area contributed by atoms with Crippen LogP contribution in [0.1, 0.15) is 45.4 Å². The highest BCUT2D eigenvalue weighted by atomic mass is 32.2. The minimum Gasteiger partial charge on any atom is -0.394 e. The number of aliphatic hydroxyl groups excluding tert-OH is 4. The Kier molecular flexibility index (Phi) is 9.08. The molecular formula is C14H28O5S. The number of aliphatic hydroxyl groups is 4. The highest BCUT2D eigenvalue weighted by molar-refractivity contribution is 7.99. The van der Waals surface area contributed by atoms with E-state index in [9.17, 15) is 15.3 Å². The SMILES string of the molecule is CCCCCCCCS[C@H]1O[C@H](CO)[C@@H](O)[C@H](O)[C@@H]1O. The Bertz CT molecular complexity index is 252. The normalized spacial score (nSPS) is 34.4. The van der Waals surface area contributed by atoms with Crippen molar-refractivity contribution in [3.05, 3.63) is 0 Å². The van der Waals surface area contributed by atoms with E-state index in [0.717, 1.165) is 18.6 Å². The van der Waals surface area contributed by atoms with Crippen molar-refractivity contribution < 1.29 is 25.2 Å². The van der Waals surface area contributed by atoms with Crippen LogP contribution in [0.25, 0.3) is 0 Å². The maximum atomic E-state index is 9.86. The molecule has 0 amide bonds. The maximum Gasteiger partial charge on any atom is 0.132 e. The molecule has 1 aliphatic rings. The minimum atomic E-state index is -1.26. The summed E-state index contributed by atoms with van der Waals surface area (Å²) in [4.78, 5) is 0. The van der Waals surface area contributed by atoms with Crippen LogP contribution in [0.4, 0.5) is 0 Å². The fourth-order valence-corrected chi connectivity index (χ4v) is 3.47. The van der Waals surface area contributed by atoms with Gasteiger partial charge < -0.3 is 25.2 Å². The van der Waals surface area contributed by atoms with Crippen LogP contribution in [-0.4, -0.2) is 62.6 Å². The highest BCUT2D eigenvalue weighted by Crippen LogP contribution is 2.29. The fourth-order valence-electron chi connectivity index (χ4n) is 2.29. The number of unbranched alkanes of at least 4 members (excludes halogenated alkanes) is 5. The zero-order valence-corrected chi connectivity index (χ0v) is 13.0. The van der Waals surface area contributed by atoms with Gasteiger partial charge in [0.05, 0.1) is 6.61 Å². The van der Waals surface area contributed by atoms with Gasteiger partial charge in [0.25, 0.3) is 0 Å². The van der Waals surface area contributed by atoms with Crippen molar-refractivity contribution in [1.82, 2.24) is 0 Å². The molecule has 5 atom stereocenters. The number of thioether (sulfide) groups is 1. The summed E-state index contributed by atoms with van der Waals surface area (Å²) in [5.41, 5.74) is -0.582. The van der Waals surface area contributed by atoms with Gasteiger partial charge in [-0.15, -0.1) is 11.8 Å². The van der Waals surface area contributed by atoms with E-state index in [2.05, 4.69) is 6.92 Å². The first-order valence-electron chi connectivity index (χ1n) is 7.54. The molecule has 1 fully saturated rings. The van der Waals surface area contributed by atoms with Gasteiger partial charge in [-0.25, -0.2) is 0 Å². The summed E-state index contributed by atoms with van der Waals surface area (Å²) >= 11 is 1.44. The molecule has 4 N–H and O–H groups in total. The van der Waals surface area contributed by atoms with Crippen LogP contribution in [0.2, 0.25) is 0 Å². The molecule has 0 aliphatic carbocycles. The average molecular weight is 308 g/mol. The molecule has 0 saturated carbocycles. The topological polar surface area (TPSA) is 90.2 Å². The molecule has 0 bridgehead atoms. The quantitative estimate of drug-likeness (QED) is 0.473. The van der Waals surface area contributed by atoms with Gasteiger partial charge in [0.2, 0.25) is 0 Å². The third kappa shape index (κ3) is 5.50. The summed E-state index contributed by atoms with van der Waals surface area (Å²) in [7, 11) is 0. The van der Waals surface area contributed by atoms with Crippen LogP contribution < -0.4 is 0 Å². The lowest BCUT2D eigenvalue weighted by Gasteiger charge is -2.39. The molecule has 1 rings (SSSR count). The van der Waals surface area contributed by atoms with Crippen LogP contribution >= 0.6 is 11.8 Å². The van der Waals surface area contributed by atoms with Crippen molar-refractivity contribution in [3.8, 4) is 0 Å². The van der Waals surface area contributed by atoms with E-state index in [1.807, 2.05) is 0 Å². The van der Waals surface area contributed by atoms with Gasteiger partial charge in [0.1, 0.15) is 29.9 Å². The zero-order chi connectivity index (χ0) is 15.0. The molecule has 0 spiro atoms. The molecule has 0 aromatic carbocycles. The predicted molar refractivity (Wildman–Crippen MR) is 79.6 cm³/mol. The predicted octanol–water partition coefficient (Wildman–Crippen LogP) is 0.880. The van der Waals surface area contributed by atoms with Gasteiger partial charge in [-0.1, -0.05) is 39.0 Å². The summed E-state index contributed by atoms with van der Waals surface area (Å²) < 4.78 is 5.43. The molecule has 1 aliphatic heterocycles. The van der Waals surface area contributed by atoms with E-state index in [4.69, 9.17) is 9.84 Å². The molecule has 0 radical (unpaired) electrons. The summed E-state index contributed by atoms with van der Waals surface area (Å²) in [6, 6.07) is 0. The second kappa shape index (κ2) is 9.97.